The maximum absolute atomic E-state index is 11.6. The van der Waals surface area contributed by atoms with Gasteiger partial charge in [0.25, 0.3) is 0 Å². The maximum Gasteiger partial charge on any atom is 0.407 e. The number of amides is 1. The average Bonchev–Trinajstić information content (AvgIpc) is 2.91. The lowest BCUT2D eigenvalue weighted by Crippen LogP contribution is -2.41. The highest BCUT2D eigenvalue weighted by molar-refractivity contribution is 5.67. The van der Waals surface area contributed by atoms with Crippen LogP contribution >= 0.6 is 0 Å². The van der Waals surface area contributed by atoms with Crippen LogP contribution in [0.3, 0.4) is 0 Å². The van der Waals surface area contributed by atoms with E-state index in [4.69, 9.17) is 9.47 Å². The van der Waals surface area contributed by atoms with Crippen LogP contribution in [0.1, 0.15) is 25.3 Å². The number of rotatable bonds is 4. The molecule has 1 aliphatic heterocycles. The van der Waals surface area contributed by atoms with E-state index in [-0.39, 0.29) is 18.2 Å². The Hall–Kier alpha value is -1.55. The molecule has 1 amide bonds. The summed E-state index contributed by atoms with van der Waals surface area (Å²) in [5.74, 6) is 0. The summed E-state index contributed by atoms with van der Waals surface area (Å²) < 4.78 is 10.7. The largest absolute Gasteiger partial charge is 0.445 e. The van der Waals surface area contributed by atoms with Crippen LogP contribution in [0.4, 0.5) is 4.79 Å². The van der Waals surface area contributed by atoms with Gasteiger partial charge in [0.05, 0.1) is 12.1 Å². The highest BCUT2D eigenvalue weighted by Gasteiger charge is 2.23. The number of hydrogen-bond acceptors (Lipinski definition) is 3. The van der Waals surface area contributed by atoms with Crippen molar-refractivity contribution in [3.63, 3.8) is 0 Å². The Bertz CT molecular complexity index is 374. The molecule has 4 heteroatoms. The van der Waals surface area contributed by atoms with Crippen LogP contribution in [0, 0.1) is 0 Å². The molecule has 1 aliphatic rings. The SMILES string of the molecule is C[C@@H](NC(=O)OCc1ccccc1)[C@H]1CCCO1. The van der Waals surface area contributed by atoms with Crippen molar-refractivity contribution in [3.8, 4) is 0 Å². The van der Waals surface area contributed by atoms with E-state index in [1.807, 2.05) is 37.3 Å². The van der Waals surface area contributed by atoms with Gasteiger partial charge >= 0.3 is 6.09 Å². The van der Waals surface area contributed by atoms with E-state index >= 15 is 0 Å². The zero-order valence-electron chi connectivity index (χ0n) is 10.6. The Morgan fingerprint density at radius 3 is 2.94 bits per heavy atom. The smallest absolute Gasteiger partial charge is 0.407 e. The monoisotopic (exact) mass is 249 g/mol. The van der Waals surface area contributed by atoms with Crippen LogP contribution in [0.25, 0.3) is 0 Å². The molecule has 1 fully saturated rings. The van der Waals surface area contributed by atoms with Gasteiger partial charge in [-0.2, -0.15) is 0 Å². The van der Waals surface area contributed by atoms with Gasteiger partial charge in [0.15, 0.2) is 0 Å². The molecule has 2 rings (SSSR count). The van der Waals surface area contributed by atoms with Crippen LogP contribution in [0.5, 0.6) is 0 Å². The van der Waals surface area contributed by atoms with Crippen molar-refractivity contribution in [3.05, 3.63) is 35.9 Å². The molecule has 0 bridgehead atoms. The van der Waals surface area contributed by atoms with Crippen molar-refractivity contribution in [1.82, 2.24) is 5.32 Å². The molecule has 0 spiro atoms. The molecule has 1 N–H and O–H groups in total. The van der Waals surface area contributed by atoms with Crippen molar-refractivity contribution in [2.24, 2.45) is 0 Å². The van der Waals surface area contributed by atoms with Gasteiger partial charge in [0.1, 0.15) is 6.61 Å². The summed E-state index contributed by atoms with van der Waals surface area (Å²) >= 11 is 0. The lowest BCUT2D eigenvalue weighted by Gasteiger charge is -2.19. The highest BCUT2D eigenvalue weighted by atomic mass is 16.5. The summed E-state index contributed by atoms with van der Waals surface area (Å²) in [7, 11) is 0. The molecule has 4 nitrogen and oxygen atoms in total. The van der Waals surface area contributed by atoms with Gasteiger partial charge in [0, 0.05) is 6.61 Å². The Labute approximate surface area is 107 Å². The van der Waals surface area contributed by atoms with Crippen molar-refractivity contribution >= 4 is 6.09 Å². The molecular formula is C14H19NO3. The molecule has 0 radical (unpaired) electrons. The highest BCUT2D eigenvalue weighted by Crippen LogP contribution is 2.15. The number of alkyl carbamates (subject to hydrolysis) is 1. The van der Waals surface area contributed by atoms with E-state index in [0.717, 1.165) is 25.0 Å². The predicted molar refractivity (Wildman–Crippen MR) is 68.2 cm³/mol. The van der Waals surface area contributed by atoms with Crippen molar-refractivity contribution < 1.29 is 14.3 Å². The Morgan fingerprint density at radius 2 is 2.28 bits per heavy atom. The minimum atomic E-state index is -0.387. The van der Waals surface area contributed by atoms with Crippen LogP contribution in [0.2, 0.25) is 0 Å². The second-order valence-corrected chi connectivity index (χ2v) is 4.55. The topological polar surface area (TPSA) is 47.6 Å². The quantitative estimate of drug-likeness (QED) is 0.891. The number of nitrogens with one attached hydrogen (secondary N) is 1. The molecule has 2 atom stereocenters. The van der Waals surface area contributed by atoms with Crippen LogP contribution in [0.15, 0.2) is 30.3 Å². The number of carbonyl (C=O) groups excluding carboxylic acids is 1. The minimum Gasteiger partial charge on any atom is -0.445 e. The first-order chi connectivity index (χ1) is 8.75. The lowest BCUT2D eigenvalue weighted by molar-refractivity contribution is 0.0757. The lowest BCUT2D eigenvalue weighted by atomic mass is 10.1. The average molecular weight is 249 g/mol. The Balaban J connectivity index is 1.71. The van der Waals surface area contributed by atoms with E-state index in [0.29, 0.717) is 6.61 Å². The molecule has 1 aromatic carbocycles. The molecule has 0 aliphatic carbocycles. The molecule has 1 aromatic rings. The Kier molecular flexibility index (Phi) is 4.59. The summed E-state index contributed by atoms with van der Waals surface area (Å²) in [6.07, 6.45) is 1.80. The van der Waals surface area contributed by atoms with E-state index in [2.05, 4.69) is 5.32 Å². The third-order valence-corrected chi connectivity index (χ3v) is 3.08. The number of hydrogen-bond donors (Lipinski definition) is 1. The van der Waals surface area contributed by atoms with Crippen LogP contribution in [-0.2, 0) is 16.1 Å². The molecule has 0 saturated carbocycles. The fourth-order valence-electron chi connectivity index (χ4n) is 2.04. The van der Waals surface area contributed by atoms with E-state index in [1.165, 1.54) is 0 Å². The van der Waals surface area contributed by atoms with Gasteiger partial charge in [-0.15, -0.1) is 0 Å². The standard InChI is InChI=1S/C14H19NO3/c1-11(13-8-5-9-17-13)15-14(16)18-10-12-6-3-2-4-7-12/h2-4,6-7,11,13H,5,8-10H2,1H3,(H,15,16)/t11-,13-/m1/s1. The molecule has 98 valence electrons. The molecule has 1 heterocycles. The van der Waals surface area contributed by atoms with Crippen LogP contribution < -0.4 is 5.32 Å². The van der Waals surface area contributed by atoms with Crippen LogP contribution in [-0.4, -0.2) is 24.8 Å². The van der Waals surface area contributed by atoms with E-state index in [9.17, 15) is 4.79 Å². The first-order valence-electron chi connectivity index (χ1n) is 6.34. The summed E-state index contributed by atoms with van der Waals surface area (Å²) in [6, 6.07) is 9.63. The molecule has 18 heavy (non-hydrogen) atoms. The normalized spacial score (nSPS) is 20.4. The summed E-state index contributed by atoms with van der Waals surface area (Å²) in [5.41, 5.74) is 0.984. The van der Waals surface area contributed by atoms with Gasteiger partial charge in [0.2, 0.25) is 0 Å². The van der Waals surface area contributed by atoms with Gasteiger partial charge in [-0.3, -0.25) is 0 Å². The minimum absolute atomic E-state index is 0.00391. The maximum atomic E-state index is 11.6. The first-order valence-corrected chi connectivity index (χ1v) is 6.34. The van der Waals surface area contributed by atoms with Gasteiger partial charge in [-0.1, -0.05) is 30.3 Å². The second kappa shape index (κ2) is 6.40. The fourth-order valence-corrected chi connectivity index (χ4v) is 2.04. The fraction of sp³-hybridized carbons (Fsp3) is 0.500. The van der Waals surface area contributed by atoms with Crippen molar-refractivity contribution in [2.45, 2.75) is 38.5 Å². The van der Waals surface area contributed by atoms with Gasteiger partial charge in [-0.05, 0) is 25.3 Å². The summed E-state index contributed by atoms with van der Waals surface area (Å²) in [4.78, 5) is 11.6. The third kappa shape index (κ3) is 3.74. The first kappa shape index (κ1) is 12.9. The number of carbonyl (C=O) groups is 1. The molecule has 1 saturated heterocycles. The zero-order valence-corrected chi connectivity index (χ0v) is 10.6. The van der Waals surface area contributed by atoms with Gasteiger partial charge < -0.3 is 14.8 Å². The van der Waals surface area contributed by atoms with Crippen molar-refractivity contribution in [1.29, 1.82) is 0 Å². The van der Waals surface area contributed by atoms with Crippen molar-refractivity contribution in [2.75, 3.05) is 6.61 Å². The molecular weight excluding hydrogens is 230 g/mol. The third-order valence-electron chi connectivity index (χ3n) is 3.08. The molecule has 0 aromatic heterocycles. The Morgan fingerprint density at radius 1 is 1.50 bits per heavy atom. The predicted octanol–water partition coefficient (Wildman–Crippen LogP) is 2.48. The summed E-state index contributed by atoms with van der Waals surface area (Å²) in [6.45, 7) is 3.03. The van der Waals surface area contributed by atoms with E-state index in [1.54, 1.807) is 0 Å². The zero-order chi connectivity index (χ0) is 12.8. The number of benzene rings is 1. The molecule has 0 unspecified atom stereocenters. The number of ether oxygens (including phenoxy) is 2. The van der Waals surface area contributed by atoms with E-state index < -0.39 is 0 Å². The summed E-state index contributed by atoms with van der Waals surface area (Å²) in [5, 5.41) is 2.81. The second-order valence-electron chi connectivity index (χ2n) is 4.55. The van der Waals surface area contributed by atoms with Gasteiger partial charge in [-0.25, -0.2) is 4.79 Å².